The van der Waals surface area contributed by atoms with Crippen LogP contribution in [0.1, 0.15) is 80.1 Å². The smallest absolute Gasteiger partial charge is 0.140 e. The van der Waals surface area contributed by atoms with Gasteiger partial charge in [0.25, 0.3) is 0 Å². The van der Waals surface area contributed by atoms with Crippen molar-refractivity contribution in [1.29, 1.82) is 0 Å². The first-order valence-electron chi connectivity index (χ1n) is 9.59. The Morgan fingerprint density at radius 2 is 1.09 bits per heavy atom. The van der Waals surface area contributed by atoms with E-state index in [0.29, 0.717) is 28.4 Å². The number of fused-ring (bicyclic) bond motifs is 4. The summed E-state index contributed by atoms with van der Waals surface area (Å²) in [6, 6.07) is 0. The van der Waals surface area contributed by atoms with Gasteiger partial charge in [-0.15, -0.1) is 0 Å². The summed E-state index contributed by atoms with van der Waals surface area (Å²) in [7, 11) is 0. The second-order valence-electron chi connectivity index (χ2n) is 10.7. The minimum atomic E-state index is 0.261. The molecule has 0 radical (unpaired) electrons. The molecule has 6 unspecified atom stereocenters. The topological polar surface area (TPSA) is 17.1 Å². The lowest BCUT2D eigenvalue weighted by atomic mass is 9.60. The van der Waals surface area contributed by atoms with Crippen LogP contribution in [0.3, 0.4) is 0 Å². The quantitative estimate of drug-likeness (QED) is 0.660. The molecule has 0 amide bonds. The van der Waals surface area contributed by atoms with Gasteiger partial charge in [-0.25, -0.2) is 0 Å². The molecule has 0 spiro atoms. The average molecular weight is 303 g/mol. The number of Topliss-reactive ketones (excluding diaryl/α,β-unsaturated/α-hetero) is 1. The minimum absolute atomic E-state index is 0.261. The zero-order valence-electron chi connectivity index (χ0n) is 15.5. The summed E-state index contributed by atoms with van der Waals surface area (Å²) < 4.78 is 0. The molecular formula is C21H34O. The second kappa shape index (κ2) is 4.01. The summed E-state index contributed by atoms with van der Waals surface area (Å²) in [6.07, 6.45) is 7.61. The summed E-state index contributed by atoms with van der Waals surface area (Å²) in [4.78, 5) is 13.6. The summed E-state index contributed by atoms with van der Waals surface area (Å²) in [5.41, 5.74) is 1.25. The van der Waals surface area contributed by atoms with Crippen molar-refractivity contribution >= 4 is 5.78 Å². The Kier molecular flexibility index (Phi) is 2.77. The predicted octanol–water partition coefficient (Wildman–Crippen LogP) is 5.48. The number of rotatable bonds is 2. The van der Waals surface area contributed by atoms with Crippen LogP contribution in [-0.4, -0.2) is 5.78 Å². The van der Waals surface area contributed by atoms with Crippen molar-refractivity contribution in [3.8, 4) is 0 Å². The van der Waals surface area contributed by atoms with Gasteiger partial charge in [0.2, 0.25) is 0 Å². The molecular weight excluding hydrogens is 268 g/mol. The van der Waals surface area contributed by atoms with Crippen LogP contribution in [0.5, 0.6) is 0 Å². The van der Waals surface area contributed by atoms with Crippen molar-refractivity contribution < 1.29 is 4.79 Å². The van der Waals surface area contributed by atoms with Crippen LogP contribution in [0.25, 0.3) is 0 Å². The zero-order valence-corrected chi connectivity index (χ0v) is 15.5. The van der Waals surface area contributed by atoms with Crippen molar-refractivity contribution in [2.24, 2.45) is 45.3 Å². The van der Waals surface area contributed by atoms with E-state index in [2.05, 4.69) is 41.5 Å². The van der Waals surface area contributed by atoms with Gasteiger partial charge in [0.15, 0.2) is 0 Å². The van der Waals surface area contributed by atoms with E-state index in [4.69, 9.17) is 0 Å². The highest BCUT2D eigenvalue weighted by atomic mass is 16.1. The molecule has 4 aliphatic carbocycles. The lowest BCUT2D eigenvalue weighted by Crippen LogP contribution is -2.43. The van der Waals surface area contributed by atoms with Gasteiger partial charge in [-0.3, -0.25) is 4.79 Å². The number of carbonyl (C=O) groups excluding carboxylic acids is 1. The van der Waals surface area contributed by atoms with Crippen molar-refractivity contribution in [3.05, 3.63) is 0 Å². The second-order valence-corrected chi connectivity index (χ2v) is 10.7. The van der Waals surface area contributed by atoms with Gasteiger partial charge in [-0.2, -0.15) is 0 Å². The minimum Gasteiger partial charge on any atom is -0.299 e. The fraction of sp³-hybridized carbons (Fsp3) is 0.952. The predicted molar refractivity (Wildman–Crippen MR) is 90.4 cm³/mol. The third kappa shape index (κ3) is 1.41. The van der Waals surface area contributed by atoms with Crippen molar-refractivity contribution in [1.82, 2.24) is 0 Å². The number of ketones is 1. The third-order valence-electron chi connectivity index (χ3n) is 10.3. The largest absolute Gasteiger partial charge is 0.299 e. The Balaban J connectivity index is 1.65. The van der Waals surface area contributed by atoms with E-state index in [1.807, 2.05) is 0 Å². The Morgan fingerprint density at radius 3 is 1.32 bits per heavy atom. The van der Waals surface area contributed by atoms with Crippen LogP contribution in [0.15, 0.2) is 0 Å². The molecule has 22 heavy (non-hydrogen) atoms. The Morgan fingerprint density at radius 1 is 0.727 bits per heavy atom. The fourth-order valence-electron chi connectivity index (χ4n) is 7.51. The number of carbonyl (C=O) groups is 1. The van der Waals surface area contributed by atoms with Gasteiger partial charge < -0.3 is 0 Å². The van der Waals surface area contributed by atoms with Gasteiger partial charge in [0.1, 0.15) is 5.78 Å². The molecule has 0 aromatic carbocycles. The highest BCUT2D eigenvalue weighted by Gasteiger charge is 2.68. The van der Waals surface area contributed by atoms with E-state index in [9.17, 15) is 4.79 Å². The van der Waals surface area contributed by atoms with Crippen LogP contribution < -0.4 is 0 Å². The van der Waals surface area contributed by atoms with Gasteiger partial charge in [0.05, 0.1) is 0 Å². The van der Waals surface area contributed by atoms with E-state index in [0.717, 1.165) is 11.8 Å². The van der Waals surface area contributed by atoms with Gasteiger partial charge in [-0.1, -0.05) is 41.5 Å². The fourth-order valence-corrected chi connectivity index (χ4v) is 7.51. The van der Waals surface area contributed by atoms with Crippen molar-refractivity contribution in [3.63, 3.8) is 0 Å². The molecule has 1 nitrogen and oxygen atoms in total. The molecule has 124 valence electrons. The first-order chi connectivity index (χ1) is 10.1. The molecule has 4 saturated carbocycles. The standard InChI is InChI=1S/C21H34O/c1-18(2)13-7-9-20(18,5)15(11-13)17(22)16-12-14-8-10-21(16,6)19(14,3)4/h13-16H,7-12H2,1-6H3. The Hall–Kier alpha value is -0.330. The number of hydrogen-bond donors (Lipinski definition) is 0. The number of hydrogen-bond acceptors (Lipinski definition) is 1. The first-order valence-corrected chi connectivity index (χ1v) is 9.59. The van der Waals surface area contributed by atoms with Crippen molar-refractivity contribution in [2.45, 2.75) is 80.1 Å². The summed E-state index contributed by atoms with van der Waals surface area (Å²) in [5, 5.41) is 0. The van der Waals surface area contributed by atoms with Crippen LogP contribution in [0.2, 0.25) is 0 Å². The van der Waals surface area contributed by atoms with E-state index in [1.165, 1.54) is 38.5 Å². The molecule has 4 bridgehead atoms. The van der Waals surface area contributed by atoms with Crippen LogP contribution in [-0.2, 0) is 4.79 Å². The van der Waals surface area contributed by atoms with E-state index in [1.54, 1.807) is 0 Å². The average Bonchev–Trinajstić information content (AvgIpc) is 2.96. The maximum Gasteiger partial charge on any atom is 0.140 e. The summed E-state index contributed by atoms with van der Waals surface area (Å²) in [6.45, 7) is 14.6. The summed E-state index contributed by atoms with van der Waals surface area (Å²) >= 11 is 0. The van der Waals surface area contributed by atoms with E-state index < -0.39 is 0 Å². The highest BCUT2D eigenvalue weighted by Crippen LogP contribution is 2.72. The monoisotopic (exact) mass is 302 g/mol. The maximum atomic E-state index is 13.6. The summed E-state index contributed by atoms with van der Waals surface area (Å²) in [5.74, 6) is 2.92. The zero-order chi connectivity index (χ0) is 16.1. The van der Waals surface area contributed by atoms with Crippen LogP contribution in [0.4, 0.5) is 0 Å². The molecule has 6 atom stereocenters. The van der Waals surface area contributed by atoms with Gasteiger partial charge in [-0.05, 0) is 72.0 Å². The molecule has 4 fully saturated rings. The molecule has 0 N–H and O–H groups in total. The van der Waals surface area contributed by atoms with Crippen molar-refractivity contribution in [2.75, 3.05) is 0 Å². The SMILES string of the molecule is CC1(C)C2CCC1(C)C(C(=O)C1CC3CCC1(C)C3(C)C)C2. The highest BCUT2D eigenvalue weighted by molar-refractivity contribution is 5.86. The van der Waals surface area contributed by atoms with Gasteiger partial charge >= 0.3 is 0 Å². The van der Waals surface area contributed by atoms with E-state index in [-0.39, 0.29) is 10.8 Å². The molecule has 4 aliphatic rings. The Labute approximate surface area is 136 Å². The molecule has 0 aromatic rings. The molecule has 0 aliphatic heterocycles. The molecule has 0 aromatic heterocycles. The molecule has 0 heterocycles. The third-order valence-corrected chi connectivity index (χ3v) is 10.3. The van der Waals surface area contributed by atoms with Crippen LogP contribution in [0, 0.1) is 45.3 Å². The van der Waals surface area contributed by atoms with E-state index >= 15 is 0 Å². The van der Waals surface area contributed by atoms with Gasteiger partial charge in [0, 0.05) is 11.8 Å². The lowest BCUT2D eigenvalue weighted by molar-refractivity contribution is -0.136. The van der Waals surface area contributed by atoms with Crippen LogP contribution >= 0.6 is 0 Å². The molecule has 4 rings (SSSR count). The Bertz CT molecular complexity index is 484. The maximum absolute atomic E-state index is 13.6. The normalized spacial score (nSPS) is 54.1. The molecule has 0 saturated heterocycles. The first kappa shape index (κ1) is 15.2. The molecule has 1 heteroatoms. The lowest BCUT2D eigenvalue weighted by Gasteiger charge is -2.43.